The third-order valence-electron chi connectivity index (χ3n) is 3.62. The lowest BCUT2D eigenvalue weighted by atomic mass is 10.1. The highest BCUT2D eigenvalue weighted by Gasteiger charge is 2.32. The van der Waals surface area contributed by atoms with Crippen molar-refractivity contribution in [1.29, 1.82) is 0 Å². The highest BCUT2D eigenvalue weighted by atomic mass is 19.1. The van der Waals surface area contributed by atoms with Gasteiger partial charge < -0.3 is 4.74 Å². The first-order chi connectivity index (χ1) is 10.7. The Morgan fingerprint density at radius 3 is 2.45 bits per heavy atom. The number of rotatable bonds is 4. The van der Waals surface area contributed by atoms with Crippen LogP contribution in [0.1, 0.15) is 11.1 Å². The SMILES string of the molecule is O=C1OC[C@H](Cc2ccccc2)N1/C=C(\F)c1ccccc1. The summed E-state index contributed by atoms with van der Waals surface area (Å²) in [6, 6.07) is 18.3. The quantitative estimate of drug-likeness (QED) is 0.853. The normalized spacial score (nSPS) is 18.4. The molecule has 0 saturated carbocycles. The maximum Gasteiger partial charge on any atom is 0.414 e. The molecule has 0 radical (unpaired) electrons. The van der Waals surface area contributed by atoms with Crippen LogP contribution >= 0.6 is 0 Å². The van der Waals surface area contributed by atoms with Gasteiger partial charge in [-0.2, -0.15) is 0 Å². The number of benzene rings is 2. The number of nitrogens with zero attached hydrogens (tertiary/aromatic N) is 1. The van der Waals surface area contributed by atoms with Crippen molar-refractivity contribution in [2.24, 2.45) is 0 Å². The van der Waals surface area contributed by atoms with Crippen LogP contribution in [-0.2, 0) is 11.2 Å². The molecule has 3 rings (SSSR count). The Labute approximate surface area is 128 Å². The molecule has 22 heavy (non-hydrogen) atoms. The minimum Gasteiger partial charge on any atom is -0.447 e. The van der Waals surface area contributed by atoms with Crippen LogP contribution in [0.3, 0.4) is 0 Å². The lowest BCUT2D eigenvalue weighted by Crippen LogP contribution is -2.30. The van der Waals surface area contributed by atoms with Crippen LogP contribution in [0.4, 0.5) is 9.18 Å². The van der Waals surface area contributed by atoms with Crippen LogP contribution < -0.4 is 0 Å². The summed E-state index contributed by atoms with van der Waals surface area (Å²) in [5.41, 5.74) is 1.53. The van der Waals surface area contributed by atoms with Crippen molar-refractivity contribution in [2.45, 2.75) is 12.5 Å². The molecule has 1 aliphatic rings. The smallest absolute Gasteiger partial charge is 0.414 e. The van der Waals surface area contributed by atoms with Crippen LogP contribution in [0.15, 0.2) is 66.9 Å². The van der Waals surface area contributed by atoms with Gasteiger partial charge in [0.05, 0.1) is 6.04 Å². The number of amides is 1. The summed E-state index contributed by atoms with van der Waals surface area (Å²) in [5.74, 6) is -0.447. The summed E-state index contributed by atoms with van der Waals surface area (Å²) in [6.45, 7) is 0.270. The van der Waals surface area contributed by atoms with Gasteiger partial charge in [0, 0.05) is 11.8 Å². The summed E-state index contributed by atoms with van der Waals surface area (Å²) in [5, 5.41) is 0. The Kier molecular flexibility index (Phi) is 4.19. The van der Waals surface area contributed by atoms with E-state index in [1.165, 1.54) is 11.1 Å². The Bertz CT molecular complexity index is 670. The molecule has 2 aromatic rings. The molecule has 1 fully saturated rings. The molecule has 0 unspecified atom stereocenters. The molecule has 0 bridgehead atoms. The third-order valence-corrected chi connectivity index (χ3v) is 3.62. The molecule has 2 aromatic carbocycles. The largest absolute Gasteiger partial charge is 0.447 e. The topological polar surface area (TPSA) is 29.5 Å². The fourth-order valence-electron chi connectivity index (χ4n) is 2.47. The maximum absolute atomic E-state index is 14.3. The summed E-state index contributed by atoms with van der Waals surface area (Å²) < 4.78 is 19.3. The summed E-state index contributed by atoms with van der Waals surface area (Å²) in [6.07, 6.45) is 1.36. The van der Waals surface area contributed by atoms with E-state index < -0.39 is 11.9 Å². The zero-order valence-corrected chi connectivity index (χ0v) is 12.0. The van der Waals surface area contributed by atoms with Gasteiger partial charge in [0.25, 0.3) is 0 Å². The predicted octanol–water partition coefficient (Wildman–Crippen LogP) is 4.02. The average molecular weight is 297 g/mol. The van der Waals surface area contributed by atoms with Crippen LogP contribution in [0, 0.1) is 0 Å². The van der Waals surface area contributed by atoms with Gasteiger partial charge in [0.15, 0.2) is 0 Å². The van der Waals surface area contributed by atoms with E-state index >= 15 is 0 Å². The van der Waals surface area contributed by atoms with Crippen molar-refractivity contribution >= 4 is 11.9 Å². The first-order valence-electron chi connectivity index (χ1n) is 7.16. The summed E-state index contributed by atoms with van der Waals surface area (Å²) >= 11 is 0. The highest BCUT2D eigenvalue weighted by molar-refractivity contribution is 5.74. The molecule has 3 nitrogen and oxygen atoms in total. The number of halogens is 1. The molecular formula is C18H16FNO2. The first-order valence-corrected chi connectivity index (χ1v) is 7.16. The van der Waals surface area contributed by atoms with E-state index in [0.29, 0.717) is 12.0 Å². The fourth-order valence-corrected chi connectivity index (χ4v) is 2.47. The van der Waals surface area contributed by atoms with Crippen LogP contribution in [0.5, 0.6) is 0 Å². The van der Waals surface area contributed by atoms with Gasteiger partial charge in [-0.05, 0) is 12.0 Å². The Morgan fingerprint density at radius 2 is 1.77 bits per heavy atom. The Hall–Kier alpha value is -2.62. The first kappa shape index (κ1) is 14.3. The van der Waals surface area contributed by atoms with E-state index in [9.17, 15) is 9.18 Å². The molecule has 0 aromatic heterocycles. The van der Waals surface area contributed by atoms with Gasteiger partial charge in [0.2, 0.25) is 0 Å². The maximum atomic E-state index is 14.3. The Morgan fingerprint density at radius 1 is 1.14 bits per heavy atom. The standard InChI is InChI=1S/C18H16FNO2/c19-17(15-9-5-2-6-10-15)12-20-16(13-22-18(20)21)11-14-7-3-1-4-8-14/h1-10,12,16H,11,13H2/b17-12-/t16-/m0/s1. The van der Waals surface area contributed by atoms with E-state index in [-0.39, 0.29) is 12.6 Å². The fraction of sp³-hybridized carbons (Fsp3) is 0.167. The number of carbonyl (C=O) groups is 1. The minimum absolute atomic E-state index is 0.190. The van der Waals surface area contributed by atoms with Crippen molar-refractivity contribution in [3.8, 4) is 0 Å². The lowest BCUT2D eigenvalue weighted by Gasteiger charge is -2.17. The van der Waals surface area contributed by atoms with Gasteiger partial charge in [-0.15, -0.1) is 0 Å². The molecule has 1 amide bonds. The van der Waals surface area contributed by atoms with Gasteiger partial charge in [-0.25, -0.2) is 9.18 Å². The summed E-state index contributed by atoms with van der Waals surface area (Å²) in [7, 11) is 0. The number of ether oxygens (including phenoxy) is 1. The molecule has 1 atom stereocenters. The minimum atomic E-state index is -0.507. The van der Waals surface area contributed by atoms with Crippen molar-refractivity contribution in [3.05, 3.63) is 78.0 Å². The monoisotopic (exact) mass is 297 g/mol. The number of hydrogen-bond donors (Lipinski definition) is 0. The molecule has 4 heteroatoms. The third kappa shape index (κ3) is 3.17. The van der Waals surface area contributed by atoms with Crippen LogP contribution in [0.25, 0.3) is 5.83 Å². The molecular weight excluding hydrogens is 281 g/mol. The Balaban J connectivity index is 1.79. The van der Waals surface area contributed by atoms with Gasteiger partial charge in [-0.3, -0.25) is 4.90 Å². The second-order valence-electron chi connectivity index (χ2n) is 5.17. The van der Waals surface area contributed by atoms with E-state index in [1.807, 2.05) is 36.4 Å². The van der Waals surface area contributed by atoms with Crippen LogP contribution in [-0.4, -0.2) is 23.6 Å². The molecule has 112 valence electrons. The lowest BCUT2D eigenvalue weighted by molar-refractivity contribution is 0.166. The molecule has 1 heterocycles. The second-order valence-corrected chi connectivity index (χ2v) is 5.17. The molecule has 1 aliphatic heterocycles. The number of carbonyl (C=O) groups excluding carboxylic acids is 1. The van der Waals surface area contributed by atoms with E-state index in [1.54, 1.807) is 24.3 Å². The zero-order chi connectivity index (χ0) is 15.4. The van der Waals surface area contributed by atoms with Crippen molar-refractivity contribution in [1.82, 2.24) is 4.90 Å². The van der Waals surface area contributed by atoms with Crippen LogP contribution in [0.2, 0.25) is 0 Å². The van der Waals surface area contributed by atoms with Gasteiger partial charge in [-0.1, -0.05) is 60.7 Å². The molecule has 1 saturated heterocycles. The second kappa shape index (κ2) is 6.43. The summed E-state index contributed by atoms with van der Waals surface area (Å²) in [4.78, 5) is 13.2. The van der Waals surface area contributed by atoms with Crippen molar-refractivity contribution < 1.29 is 13.9 Å². The van der Waals surface area contributed by atoms with Crippen molar-refractivity contribution in [3.63, 3.8) is 0 Å². The average Bonchev–Trinajstić information content (AvgIpc) is 2.90. The molecule has 0 spiro atoms. The number of hydrogen-bond acceptors (Lipinski definition) is 2. The predicted molar refractivity (Wildman–Crippen MR) is 82.6 cm³/mol. The molecule has 0 aliphatic carbocycles. The zero-order valence-electron chi connectivity index (χ0n) is 12.0. The van der Waals surface area contributed by atoms with Crippen molar-refractivity contribution in [2.75, 3.05) is 6.61 Å². The van der Waals surface area contributed by atoms with Gasteiger partial charge in [0.1, 0.15) is 12.4 Å². The van der Waals surface area contributed by atoms with E-state index in [2.05, 4.69) is 0 Å². The van der Waals surface area contributed by atoms with E-state index in [4.69, 9.17) is 4.74 Å². The van der Waals surface area contributed by atoms with E-state index in [0.717, 1.165) is 5.56 Å². The molecule has 0 N–H and O–H groups in total. The van der Waals surface area contributed by atoms with Gasteiger partial charge >= 0.3 is 6.09 Å². The number of cyclic esters (lactones) is 1. The highest BCUT2D eigenvalue weighted by Crippen LogP contribution is 2.22.